The second-order valence-corrected chi connectivity index (χ2v) is 8.99. The van der Waals surface area contributed by atoms with E-state index in [0.717, 1.165) is 25.9 Å². The number of rotatable bonds is 15. The molecule has 0 aliphatic carbocycles. The van der Waals surface area contributed by atoms with E-state index in [1.165, 1.54) is 0 Å². The molecule has 5 heteroatoms. The summed E-state index contributed by atoms with van der Waals surface area (Å²) in [5, 5.41) is 9.94. The van der Waals surface area contributed by atoms with Crippen LogP contribution in [-0.4, -0.2) is 54.1 Å². The maximum atomic E-state index is 12.9. The summed E-state index contributed by atoms with van der Waals surface area (Å²) >= 11 is 0. The van der Waals surface area contributed by atoms with Crippen LogP contribution in [-0.2, 0) is 19.0 Å². The SMILES string of the molecule is CCC(C)(OC(C)(C)C(CO)C(C)(C)OC)C(=O)CCCCCOC(C)C. The highest BCUT2D eigenvalue weighted by Crippen LogP contribution is 2.37. The van der Waals surface area contributed by atoms with Crippen LogP contribution in [0, 0.1) is 5.92 Å². The van der Waals surface area contributed by atoms with Crippen molar-refractivity contribution in [3.8, 4) is 0 Å². The van der Waals surface area contributed by atoms with Crippen molar-refractivity contribution >= 4 is 5.78 Å². The van der Waals surface area contributed by atoms with Crippen LogP contribution in [0.1, 0.15) is 87.5 Å². The smallest absolute Gasteiger partial charge is 0.164 e. The van der Waals surface area contributed by atoms with Crippen molar-refractivity contribution in [2.75, 3.05) is 20.3 Å². The lowest BCUT2D eigenvalue weighted by atomic mass is 9.78. The molecule has 2 unspecified atom stereocenters. The number of Topliss-reactive ketones (excluding diaryl/α,β-unsaturated/α-hetero) is 1. The molecule has 0 heterocycles. The predicted octanol–water partition coefficient (Wildman–Crippen LogP) is 4.54. The van der Waals surface area contributed by atoms with Gasteiger partial charge < -0.3 is 19.3 Å². The van der Waals surface area contributed by atoms with Gasteiger partial charge in [0, 0.05) is 26.1 Å². The predicted molar refractivity (Wildman–Crippen MR) is 110 cm³/mol. The molecule has 0 saturated carbocycles. The van der Waals surface area contributed by atoms with Crippen LogP contribution >= 0.6 is 0 Å². The Morgan fingerprint density at radius 3 is 2.04 bits per heavy atom. The standard InChI is InChI=1S/C22H44O5/c1-10-22(8,19(24)14-12-11-13-15-26-17(2)3)27-21(6,7)18(16-23)20(4,5)25-9/h17-18,23H,10-16H2,1-9H3. The minimum atomic E-state index is -0.866. The van der Waals surface area contributed by atoms with E-state index in [0.29, 0.717) is 12.8 Å². The van der Waals surface area contributed by atoms with Gasteiger partial charge in [-0.3, -0.25) is 4.79 Å². The van der Waals surface area contributed by atoms with Gasteiger partial charge in [-0.25, -0.2) is 0 Å². The minimum Gasteiger partial charge on any atom is -0.396 e. The van der Waals surface area contributed by atoms with E-state index in [-0.39, 0.29) is 24.4 Å². The number of ether oxygens (including phenoxy) is 3. The zero-order valence-electron chi connectivity index (χ0n) is 19.2. The molecule has 2 atom stereocenters. The van der Waals surface area contributed by atoms with Gasteiger partial charge in [0.2, 0.25) is 0 Å². The third-order valence-corrected chi connectivity index (χ3v) is 5.64. The average Bonchev–Trinajstić information content (AvgIpc) is 2.56. The van der Waals surface area contributed by atoms with Gasteiger partial charge in [0.05, 0.1) is 23.9 Å². The van der Waals surface area contributed by atoms with Crippen LogP contribution in [0.2, 0.25) is 0 Å². The number of hydrogen-bond acceptors (Lipinski definition) is 5. The molecule has 1 N–H and O–H groups in total. The summed E-state index contributed by atoms with van der Waals surface area (Å²) in [6, 6.07) is 0. The van der Waals surface area contributed by atoms with Gasteiger partial charge in [0.1, 0.15) is 5.60 Å². The minimum absolute atomic E-state index is 0.0718. The normalized spacial score (nSPS) is 16.4. The molecular weight excluding hydrogens is 344 g/mol. The summed E-state index contributed by atoms with van der Waals surface area (Å²) < 4.78 is 17.5. The van der Waals surface area contributed by atoms with E-state index in [1.807, 2.05) is 55.4 Å². The summed E-state index contributed by atoms with van der Waals surface area (Å²) in [4.78, 5) is 12.9. The van der Waals surface area contributed by atoms with Crippen molar-refractivity contribution in [1.82, 2.24) is 0 Å². The van der Waals surface area contributed by atoms with E-state index in [4.69, 9.17) is 14.2 Å². The van der Waals surface area contributed by atoms with E-state index < -0.39 is 16.8 Å². The number of aliphatic hydroxyl groups excluding tert-OH is 1. The Morgan fingerprint density at radius 2 is 1.59 bits per heavy atom. The highest BCUT2D eigenvalue weighted by atomic mass is 16.5. The number of unbranched alkanes of at least 4 members (excludes halogenated alkanes) is 2. The molecule has 0 bridgehead atoms. The Kier molecular flexibility index (Phi) is 11.3. The maximum Gasteiger partial charge on any atom is 0.164 e. The lowest BCUT2D eigenvalue weighted by molar-refractivity contribution is -0.206. The molecule has 0 fully saturated rings. The highest BCUT2D eigenvalue weighted by molar-refractivity contribution is 5.86. The quantitative estimate of drug-likeness (QED) is 0.417. The molecule has 0 aromatic carbocycles. The second-order valence-electron chi connectivity index (χ2n) is 8.99. The average molecular weight is 389 g/mol. The van der Waals surface area contributed by atoms with Crippen molar-refractivity contribution in [3.05, 3.63) is 0 Å². The van der Waals surface area contributed by atoms with Gasteiger partial charge in [0.15, 0.2) is 5.78 Å². The Labute approximate surface area is 167 Å². The fourth-order valence-electron chi connectivity index (χ4n) is 3.54. The van der Waals surface area contributed by atoms with Gasteiger partial charge in [-0.2, -0.15) is 0 Å². The molecule has 0 amide bonds. The maximum absolute atomic E-state index is 12.9. The summed E-state index contributed by atoms with van der Waals surface area (Å²) in [7, 11) is 1.63. The number of aliphatic hydroxyl groups is 1. The molecule has 5 nitrogen and oxygen atoms in total. The number of methoxy groups -OCH3 is 1. The first-order chi connectivity index (χ1) is 12.4. The Hall–Kier alpha value is -0.490. The van der Waals surface area contributed by atoms with Crippen LogP contribution in [0.5, 0.6) is 0 Å². The van der Waals surface area contributed by atoms with Gasteiger partial charge >= 0.3 is 0 Å². The second kappa shape index (κ2) is 11.5. The Bertz CT molecular complexity index is 430. The molecule has 0 aliphatic rings. The Balaban J connectivity index is 4.86. The van der Waals surface area contributed by atoms with Crippen LogP contribution in [0.15, 0.2) is 0 Å². The number of carbonyl (C=O) groups excluding carboxylic acids is 1. The first-order valence-corrected chi connectivity index (χ1v) is 10.4. The van der Waals surface area contributed by atoms with Crippen molar-refractivity contribution in [3.63, 3.8) is 0 Å². The van der Waals surface area contributed by atoms with Crippen LogP contribution in [0.3, 0.4) is 0 Å². The third-order valence-electron chi connectivity index (χ3n) is 5.64. The Morgan fingerprint density at radius 1 is 1.00 bits per heavy atom. The van der Waals surface area contributed by atoms with Crippen LogP contribution in [0.25, 0.3) is 0 Å². The summed E-state index contributed by atoms with van der Waals surface area (Å²) in [5.74, 6) is -0.142. The fraction of sp³-hybridized carbons (Fsp3) is 0.955. The molecule has 0 radical (unpaired) electrons. The fourth-order valence-corrected chi connectivity index (χ4v) is 3.54. The van der Waals surface area contributed by atoms with Crippen molar-refractivity contribution in [2.24, 2.45) is 5.92 Å². The molecular formula is C22H44O5. The van der Waals surface area contributed by atoms with Crippen molar-refractivity contribution < 1.29 is 24.1 Å². The van der Waals surface area contributed by atoms with Gasteiger partial charge in [-0.1, -0.05) is 13.3 Å². The lowest BCUT2D eigenvalue weighted by Gasteiger charge is -2.46. The molecule has 0 rings (SSSR count). The topological polar surface area (TPSA) is 65.0 Å². The van der Waals surface area contributed by atoms with Gasteiger partial charge in [-0.05, 0) is 67.7 Å². The number of hydrogen-bond donors (Lipinski definition) is 1. The molecule has 27 heavy (non-hydrogen) atoms. The largest absolute Gasteiger partial charge is 0.396 e. The molecule has 0 spiro atoms. The zero-order chi connectivity index (χ0) is 21.3. The molecule has 0 saturated heterocycles. The lowest BCUT2D eigenvalue weighted by Crippen LogP contribution is -2.55. The highest BCUT2D eigenvalue weighted by Gasteiger charge is 2.46. The van der Waals surface area contributed by atoms with E-state index >= 15 is 0 Å². The van der Waals surface area contributed by atoms with Crippen molar-refractivity contribution in [1.29, 1.82) is 0 Å². The summed E-state index contributed by atoms with van der Waals surface area (Å²) in [6.07, 6.45) is 4.12. The number of carbonyl (C=O) groups is 1. The summed E-state index contributed by atoms with van der Waals surface area (Å²) in [5.41, 5.74) is -2.14. The van der Waals surface area contributed by atoms with Crippen LogP contribution in [0.4, 0.5) is 0 Å². The van der Waals surface area contributed by atoms with E-state index in [2.05, 4.69) is 0 Å². The van der Waals surface area contributed by atoms with Gasteiger partial charge in [0.25, 0.3) is 0 Å². The van der Waals surface area contributed by atoms with Crippen LogP contribution < -0.4 is 0 Å². The molecule has 0 aliphatic heterocycles. The van der Waals surface area contributed by atoms with E-state index in [1.54, 1.807) is 7.11 Å². The third kappa shape index (κ3) is 8.59. The first-order valence-electron chi connectivity index (χ1n) is 10.4. The summed E-state index contributed by atoms with van der Waals surface area (Å²) in [6.45, 7) is 16.3. The molecule has 162 valence electrons. The zero-order valence-corrected chi connectivity index (χ0v) is 19.2. The van der Waals surface area contributed by atoms with Gasteiger partial charge in [-0.15, -0.1) is 0 Å². The monoisotopic (exact) mass is 388 g/mol. The van der Waals surface area contributed by atoms with Crippen molar-refractivity contribution in [2.45, 2.75) is 110 Å². The first kappa shape index (κ1) is 26.5. The number of ketones is 1. The van der Waals surface area contributed by atoms with E-state index in [9.17, 15) is 9.90 Å². The molecule has 0 aromatic rings. The molecule has 0 aromatic heterocycles.